The zero-order valence-corrected chi connectivity index (χ0v) is 17.2. The highest BCUT2D eigenvalue weighted by molar-refractivity contribution is 6.42. The molecule has 3 nitrogen and oxygen atoms in total. The maximum atomic E-state index is 13.1. The number of hydrogen-bond acceptors (Lipinski definition) is 2. The van der Waals surface area contributed by atoms with E-state index < -0.39 is 0 Å². The van der Waals surface area contributed by atoms with Crippen LogP contribution < -0.4 is 0 Å². The molecule has 3 aromatic rings. The molecule has 0 bridgehead atoms. The van der Waals surface area contributed by atoms with Crippen molar-refractivity contribution in [1.29, 1.82) is 0 Å². The normalized spacial score (nSPS) is 11.0. The minimum Gasteiger partial charge on any atom is -0.334 e. The summed E-state index contributed by atoms with van der Waals surface area (Å²) in [7, 11) is 0. The van der Waals surface area contributed by atoms with Gasteiger partial charge in [-0.25, -0.2) is 4.98 Å². The van der Waals surface area contributed by atoms with Crippen LogP contribution in [0.3, 0.4) is 0 Å². The number of amides is 1. The summed E-state index contributed by atoms with van der Waals surface area (Å²) >= 11 is 18.4. The molecule has 0 fully saturated rings. The summed E-state index contributed by atoms with van der Waals surface area (Å²) in [6.45, 7) is 3.10. The number of rotatable bonds is 6. The van der Waals surface area contributed by atoms with E-state index in [9.17, 15) is 4.79 Å². The highest BCUT2D eigenvalue weighted by atomic mass is 35.5. The monoisotopic (exact) mass is 420 g/mol. The van der Waals surface area contributed by atoms with Crippen LogP contribution >= 0.6 is 34.8 Å². The predicted molar refractivity (Wildman–Crippen MR) is 113 cm³/mol. The lowest BCUT2D eigenvalue weighted by Crippen LogP contribution is -2.31. The standard InChI is InChI=1S/C21H19Cl3N2O/c1-2-3-10-26(21(27)15-8-9-17(22)18(23)12-15)13-16-11-14-6-4-5-7-19(14)25-20(16)24/h4-9,11-12H,2-3,10,13H2,1H3. The molecule has 0 unspecified atom stereocenters. The van der Waals surface area contributed by atoms with Crippen LogP contribution in [0.5, 0.6) is 0 Å². The number of halogens is 3. The molecule has 1 aromatic heterocycles. The maximum Gasteiger partial charge on any atom is 0.254 e. The first-order valence-corrected chi connectivity index (χ1v) is 9.91. The van der Waals surface area contributed by atoms with Gasteiger partial charge in [0.2, 0.25) is 0 Å². The largest absolute Gasteiger partial charge is 0.334 e. The van der Waals surface area contributed by atoms with Gasteiger partial charge in [-0.15, -0.1) is 0 Å². The van der Waals surface area contributed by atoms with Gasteiger partial charge in [0.05, 0.1) is 15.6 Å². The highest BCUT2D eigenvalue weighted by Crippen LogP contribution is 2.25. The van der Waals surface area contributed by atoms with Crippen molar-refractivity contribution < 1.29 is 4.79 Å². The number of nitrogens with zero attached hydrogens (tertiary/aromatic N) is 2. The first kappa shape index (κ1) is 19.9. The molecule has 27 heavy (non-hydrogen) atoms. The van der Waals surface area contributed by atoms with E-state index >= 15 is 0 Å². The van der Waals surface area contributed by atoms with Crippen LogP contribution in [0.15, 0.2) is 48.5 Å². The molecule has 1 heterocycles. The van der Waals surface area contributed by atoms with Crippen molar-refractivity contribution in [2.24, 2.45) is 0 Å². The third-order valence-electron chi connectivity index (χ3n) is 4.35. The van der Waals surface area contributed by atoms with Crippen LogP contribution in [0.1, 0.15) is 35.7 Å². The van der Waals surface area contributed by atoms with Crippen LogP contribution in [0.4, 0.5) is 0 Å². The van der Waals surface area contributed by atoms with E-state index in [0.717, 1.165) is 29.3 Å². The molecule has 0 saturated heterocycles. The molecular weight excluding hydrogens is 403 g/mol. The Morgan fingerprint density at radius 1 is 1.04 bits per heavy atom. The van der Waals surface area contributed by atoms with Gasteiger partial charge in [-0.2, -0.15) is 0 Å². The SMILES string of the molecule is CCCCN(Cc1cc2ccccc2nc1Cl)C(=O)c1ccc(Cl)c(Cl)c1. The molecule has 0 spiro atoms. The Labute approximate surface area is 173 Å². The lowest BCUT2D eigenvalue weighted by Gasteiger charge is -2.23. The van der Waals surface area contributed by atoms with E-state index in [1.165, 1.54) is 0 Å². The van der Waals surface area contributed by atoms with Gasteiger partial charge >= 0.3 is 0 Å². The fourth-order valence-corrected chi connectivity index (χ4v) is 3.37. The Morgan fingerprint density at radius 3 is 2.56 bits per heavy atom. The Bertz CT molecular complexity index is 975. The summed E-state index contributed by atoms with van der Waals surface area (Å²) in [5.41, 5.74) is 2.16. The number of aromatic nitrogens is 1. The number of fused-ring (bicyclic) bond motifs is 1. The van der Waals surface area contributed by atoms with Gasteiger partial charge in [-0.3, -0.25) is 4.79 Å². The summed E-state index contributed by atoms with van der Waals surface area (Å²) in [4.78, 5) is 19.3. The number of unbranched alkanes of at least 4 members (excludes halogenated alkanes) is 1. The molecule has 0 atom stereocenters. The van der Waals surface area contributed by atoms with Gasteiger partial charge in [-0.1, -0.05) is 66.3 Å². The second-order valence-electron chi connectivity index (χ2n) is 6.34. The molecule has 0 aliphatic heterocycles. The average molecular weight is 422 g/mol. The number of pyridine rings is 1. The summed E-state index contributed by atoms with van der Waals surface area (Å²) in [6.07, 6.45) is 1.88. The van der Waals surface area contributed by atoms with Gasteiger partial charge in [0, 0.05) is 29.6 Å². The lowest BCUT2D eigenvalue weighted by atomic mass is 10.1. The Balaban J connectivity index is 1.91. The molecule has 0 saturated carbocycles. The first-order valence-electron chi connectivity index (χ1n) is 8.78. The molecule has 0 radical (unpaired) electrons. The lowest BCUT2D eigenvalue weighted by molar-refractivity contribution is 0.0741. The summed E-state index contributed by atoms with van der Waals surface area (Å²) in [6, 6.07) is 14.7. The first-order chi connectivity index (χ1) is 13.0. The third-order valence-corrected chi connectivity index (χ3v) is 5.41. The van der Waals surface area contributed by atoms with Crippen molar-refractivity contribution in [3.63, 3.8) is 0 Å². The van der Waals surface area contributed by atoms with Crippen LogP contribution in [0.2, 0.25) is 15.2 Å². The predicted octanol–water partition coefficient (Wildman–Crippen LogP) is 6.64. The zero-order chi connectivity index (χ0) is 19.4. The van der Waals surface area contributed by atoms with Crippen molar-refractivity contribution >= 4 is 51.6 Å². The molecule has 140 valence electrons. The fraction of sp³-hybridized carbons (Fsp3) is 0.238. The average Bonchev–Trinajstić information content (AvgIpc) is 2.67. The van der Waals surface area contributed by atoms with Crippen molar-refractivity contribution in [3.05, 3.63) is 74.9 Å². The quantitative estimate of drug-likeness (QED) is 0.418. The minimum absolute atomic E-state index is 0.105. The van der Waals surface area contributed by atoms with Crippen LogP contribution in [-0.4, -0.2) is 22.3 Å². The maximum absolute atomic E-state index is 13.1. The van der Waals surface area contributed by atoms with E-state index in [2.05, 4.69) is 11.9 Å². The van der Waals surface area contributed by atoms with Gasteiger partial charge < -0.3 is 4.90 Å². The summed E-state index contributed by atoms with van der Waals surface area (Å²) in [5, 5.41) is 2.20. The highest BCUT2D eigenvalue weighted by Gasteiger charge is 2.18. The molecule has 0 N–H and O–H groups in total. The third kappa shape index (κ3) is 4.73. The van der Waals surface area contributed by atoms with E-state index in [4.69, 9.17) is 34.8 Å². The number of carbonyl (C=O) groups excluding carboxylic acids is 1. The van der Waals surface area contributed by atoms with Crippen molar-refractivity contribution in [2.75, 3.05) is 6.54 Å². The molecule has 3 rings (SSSR count). The van der Waals surface area contributed by atoms with E-state index in [-0.39, 0.29) is 5.91 Å². The number of benzene rings is 2. The zero-order valence-electron chi connectivity index (χ0n) is 14.9. The molecule has 0 aliphatic rings. The minimum atomic E-state index is -0.105. The second-order valence-corrected chi connectivity index (χ2v) is 7.51. The number of para-hydroxylation sites is 1. The van der Waals surface area contributed by atoms with E-state index in [1.807, 2.05) is 30.3 Å². The summed E-state index contributed by atoms with van der Waals surface area (Å²) in [5.74, 6) is -0.105. The van der Waals surface area contributed by atoms with Gasteiger partial charge in [0.25, 0.3) is 5.91 Å². The Hall–Kier alpha value is -1.81. The molecule has 0 aliphatic carbocycles. The molecule has 6 heteroatoms. The fourth-order valence-electron chi connectivity index (χ4n) is 2.87. The van der Waals surface area contributed by atoms with Crippen molar-refractivity contribution in [1.82, 2.24) is 9.88 Å². The number of carbonyl (C=O) groups is 1. The van der Waals surface area contributed by atoms with E-state index in [0.29, 0.717) is 33.9 Å². The molecular formula is C21H19Cl3N2O. The Morgan fingerprint density at radius 2 is 1.81 bits per heavy atom. The summed E-state index contributed by atoms with van der Waals surface area (Å²) < 4.78 is 0. The topological polar surface area (TPSA) is 33.2 Å². The molecule has 2 aromatic carbocycles. The Kier molecular flexibility index (Phi) is 6.59. The van der Waals surface area contributed by atoms with Gasteiger partial charge in [0.1, 0.15) is 5.15 Å². The van der Waals surface area contributed by atoms with Crippen molar-refractivity contribution in [3.8, 4) is 0 Å². The second kappa shape index (κ2) is 8.92. The van der Waals surface area contributed by atoms with Crippen LogP contribution in [0.25, 0.3) is 10.9 Å². The molecule has 1 amide bonds. The smallest absolute Gasteiger partial charge is 0.254 e. The van der Waals surface area contributed by atoms with Crippen molar-refractivity contribution in [2.45, 2.75) is 26.3 Å². The number of hydrogen-bond donors (Lipinski definition) is 0. The van der Waals surface area contributed by atoms with Gasteiger partial charge in [0.15, 0.2) is 0 Å². The van der Waals surface area contributed by atoms with Gasteiger partial charge in [-0.05, 0) is 36.8 Å². The van der Waals surface area contributed by atoms with Crippen LogP contribution in [-0.2, 0) is 6.54 Å². The van der Waals surface area contributed by atoms with E-state index in [1.54, 1.807) is 23.1 Å². The van der Waals surface area contributed by atoms with Crippen LogP contribution in [0, 0.1) is 0 Å².